The minimum Gasteiger partial charge on any atom is -0.497 e. The molecule has 0 aliphatic heterocycles. The van der Waals surface area contributed by atoms with Crippen molar-refractivity contribution >= 4 is 18.3 Å². The van der Waals surface area contributed by atoms with Gasteiger partial charge in [-0.15, -0.1) is 12.4 Å². The number of amides is 1. The van der Waals surface area contributed by atoms with Gasteiger partial charge in [0.05, 0.1) is 13.2 Å². The molecule has 3 N–H and O–H groups in total. The maximum Gasteiger partial charge on any atom is 0.240 e. The van der Waals surface area contributed by atoms with Crippen molar-refractivity contribution in [2.75, 3.05) is 20.3 Å². The van der Waals surface area contributed by atoms with E-state index >= 15 is 0 Å². The molecule has 2 rings (SSSR count). The molecule has 0 saturated heterocycles. The van der Waals surface area contributed by atoms with Gasteiger partial charge in [0.25, 0.3) is 0 Å². The first-order chi connectivity index (χ1) is 11.3. The van der Waals surface area contributed by atoms with Crippen LogP contribution >= 0.6 is 12.4 Å². The van der Waals surface area contributed by atoms with Crippen molar-refractivity contribution in [2.24, 2.45) is 11.1 Å². The molecule has 1 aliphatic carbocycles. The average molecular weight is 371 g/mol. The Morgan fingerprint density at radius 1 is 1.32 bits per heavy atom. The molecular formula is C19H31ClN2O3. The number of hydrogen-bond donors (Lipinski definition) is 2. The second kappa shape index (κ2) is 8.88. The topological polar surface area (TPSA) is 73.6 Å². The Bertz CT molecular complexity index is 562. The lowest BCUT2D eigenvalue weighted by Crippen LogP contribution is -2.75. The number of methoxy groups -OCH3 is 1. The molecule has 1 fully saturated rings. The summed E-state index contributed by atoms with van der Waals surface area (Å²) in [6.45, 7) is 7.25. The fourth-order valence-electron chi connectivity index (χ4n) is 3.26. The van der Waals surface area contributed by atoms with Crippen molar-refractivity contribution in [1.82, 2.24) is 5.32 Å². The molecule has 5 nitrogen and oxygen atoms in total. The maximum absolute atomic E-state index is 12.5. The lowest BCUT2D eigenvalue weighted by atomic mass is 9.54. The summed E-state index contributed by atoms with van der Waals surface area (Å²) in [6.07, 6.45) is 2.42. The quantitative estimate of drug-likeness (QED) is 0.690. The SMILES string of the molecule is CCOC1CC(N)(C(=O)NCCCc2ccc(OC)cc2)C1(C)C.Cl. The second-order valence-corrected chi connectivity index (χ2v) is 7.05. The van der Waals surface area contributed by atoms with Gasteiger partial charge in [0.15, 0.2) is 0 Å². The highest BCUT2D eigenvalue weighted by atomic mass is 35.5. The second-order valence-electron chi connectivity index (χ2n) is 7.05. The molecule has 0 bridgehead atoms. The van der Waals surface area contributed by atoms with Gasteiger partial charge in [0.1, 0.15) is 11.3 Å². The van der Waals surface area contributed by atoms with Gasteiger partial charge in [-0.25, -0.2) is 0 Å². The number of nitrogens with two attached hydrogens (primary N) is 1. The zero-order valence-electron chi connectivity index (χ0n) is 15.6. The van der Waals surface area contributed by atoms with E-state index in [1.165, 1.54) is 5.56 Å². The van der Waals surface area contributed by atoms with Crippen LogP contribution < -0.4 is 15.8 Å². The Hall–Kier alpha value is -1.30. The van der Waals surface area contributed by atoms with E-state index < -0.39 is 5.54 Å². The van der Waals surface area contributed by atoms with Gasteiger partial charge in [0.2, 0.25) is 5.91 Å². The van der Waals surface area contributed by atoms with E-state index in [1.807, 2.05) is 45.0 Å². The molecule has 1 aromatic carbocycles. The molecule has 0 radical (unpaired) electrons. The maximum atomic E-state index is 12.5. The Morgan fingerprint density at radius 3 is 2.48 bits per heavy atom. The Kier molecular flexibility index (Phi) is 7.72. The molecule has 1 aromatic rings. The summed E-state index contributed by atoms with van der Waals surface area (Å²) in [7, 11) is 1.66. The largest absolute Gasteiger partial charge is 0.497 e. The zero-order chi connectivity index (χ0) is 17.8. The van der Waals surface area contributed by atoms with Crippen LogP contribution in [0.1, 0.15) is 39.2 Å². The molecule has 142 valence electrons. The number of aryl methyl sites for hydroxylation is 1. The van der Waals surface area contributed by atoms with Crippen molar-refractivity contribution < 1.29 is 14.3 Å². The summed E-state index contributed by atoms with van der Waals surface area (Å²) in [5, 5.41) is 2.99. The summed E-state index contributed by atoms with van der Waals surface area (Å²) in [5.74, 6) is 0.784. The molecule has 2 unspecified atom stereocenters. The molecule has 25 heavy (non-hydrogen) atoms. The molecule has 6 heteroatoms. The third-order valence-corrected chi connectivity index (χ3v) is 5.32. The van der Waals surface area contributed by atoms with Crippen LogP contribution in [0.4, 0.5) is 0 Å². The van der Waals surface area contributed by atoms with Gasteiger partial charge >= 0.3 is 0 Å². The minimum atomic E-state index is -0.840. The first-order valence-corrected chi connectivity index (χ1v) is 8.67. The van der Waals surface area contributed by atoms with E-state index in [2.05, 4.69) is 5.32 Å². The first kappa shape index (κ1) is 21.7. The first-order valence-electron chi connectivity index (χ1n) is 8.67. The molecule has 0 spiro atoms. The molecule has 1 amide bonds. The van der Waals surface area contributed by atoms with E-state index in [0.717, 1.165) is 18.6 Å². The van der Waals surface area contributed by atoms with Gasteiger partial charge in [0, 0.05) is 25.0 Å². The number of ether oxygens (including phenoxy) is 2. The number of benzene rings is 1. The highest BCUT2D eigenvalue weighted by Gasteiger charge is 2.62. The number of nitrogens with one attached hydrogen (secondary N) is 1. The number of carbonyl (C=O) groups is 1. The summed E-state index contributed by atoms with van der Waals surface area (Å²) in [5.41, 5.74) is 6.41. The molecule has 1 aliphatic rings. The van der Waals surface area contributed by atoms with E-state index in [4.69, 9.17) is 15.2 Å². The van der Waals surface area contributed by atoms with Crippen LogP contribution in [0.3, 0.4) is 0 Å². The highest BCUT2D eigenvalue weighted by molar-refractivity contribution is 5.88. The van der Waals surface area contributed by atoms with Crippen molar-refractivity contribution in [3.63, 3.8) is 0 Å². The van der Waals surface area contributed by atoms with E-state index in [0.29, 0.717) is 19.6 Å². The number of halogens is 1. The number of rotatable bonds is 8. The predicted octanol–water partition coefficient (Wildman–Crippen LogP) is 2.70. The highest BCUT2D eigenvalue weighted by Crippen LogP contribution is 2.49. The van der Waals surface area contributed by atoms with Crippen LogP contribution in [0.2, 0.25) is 0 Å². The fraction of sp³-hybridized carbons (Fsp3) is 0.632. The summed E-state index contributed by atoms with van der Waals surface area (Å²) in [4.78, 5) is 12.5. The zero-order valence-corrected chi connectivity index (χ0v) is 16.4. The van der Waals surface area contributed by atoms with Crippen LogP contribution in [0.25, 0.3) is 0 Å². The van der Waals surface area contributed by atoms with E-state index in [1.54, 1.807) is 7.11 Å². The summed E-state index contributed by atoms with van der Waals surface area (Å²) in [6, 6.07) is 8.00. The molecule has 1 saturated carbocycles. The molecule has 0 heterocycles. The van der Waals surface area contributed by atoms with Crippen LogP contribution in [-0.2, 0) is 16.0 Å². The standard InChI is InChI=1S/C19H30N2O3.ClH/c1-5-24-16-13-19(20,18(16,2)3)17(22)21-12-6-7-14-8-10-15(23-4)11-9-14;/h8-11,16H,5-7,12-13,20H2,1-4H3,(H,21,22);1H. The minimum absolute atomic E-state index is 0. The van der Waals surface area contributed by atoms with E-state index in [-0.39, 0.29) is 29.8 Å². The number of hydrogen-bond acceptors (Lipinski definition) is 4. The van der Waals surface area contributed by atoms with Crippen LogP contribution in [-0.4, -0.2) is 37.8 Å². The van der Waals surface area contributed by atoms with Gasteiger partial charge in [-0.1, -0.05) is 26.0 Å². The van der Waals surface area contributed by atoms with Crippen molar-refractivity contribution in [2.45, 2.75) is 51.7 Å². The third-order valence-electron chi connectivity index (χ3n) is 5.32. The molecule has 2 atom stereocenters. The van der Waals surface area contributed by atoms with Gasteiger partial charge in [-0.05, 0) is 37.5 Å². The molecule has 0 aromatic heterocycles. The van der Waals surface area contributed by atoms with Gasteiger partial charge < -0.3 is 20.5 Å². The predicted molar refractivity (Wildman–Crippen MR) is 102 cm³/mol. The van der Waals surface area contributed by atoms with Crippen LogP contribution in [0, 0.1) is 5.41 Å². The van der Waals surface area contributed by atoms with Crippen molar-refractivity contribution in [3.05, 3.63) is 29.8 Å². The van der Waals surface area contributed by atoms with Crippen LogP contribution in [0.5, 0.6) is 5.75 Å². The van der Waals surface area contributed by atoms with Crippen LogP contribution in [0.15, 0.2) is 24.3 Å². The van der Waals surface area contributed by atoms with Crippen molar-refractivity contribution in [1.29, 1.82) is 0 Å². The monoisotopic (exact) mass is 370 g/mol. The Labute approximate surface area is 157 Å². The Morgan fingerprint density at radius 2 is 1.96 bits per heavy atom. The van der Waals surface area contributed by atoms with Gasteiger partial charge in [-0.2, -0.15) is 0 Å². The normalized spacial score (nSPS) is 24.0. The Balaban J connectivity index is 0.00000312. The van der Waals surface area contributed by atoms with Gasteiger partial charge in [-0.3, -0.25) is 4.79 Å². The fourth-order valence-corrected chi connectivity index (χ4v) is 3.26. The lowest BCUT2D eigenvalue weighted by Gasteiger charge is -2.57. The smallest absolute Gasteiger partial charge is 0.240 e. The molecular weight excluding hydrogens is 340 g/mol. The average Bonchev–Trinajstić information content (AvgIpc) is 2.58. The summed E-state index contributed by atoms with van der Waals surface area (Å²) < 4.78 is 10.8. The summed E-state index contributed by atoms with van der Waals surface area (Å²) >= 11 is 0. The lowest BCUT2D eigenvalue weighted by molar-refractivity contribution is -0.170. The van der Waals surface area contributed by atoms with E-state index in [9.17, 15) is 4.79 Å². The third kappa shape index (κ3) is 4.46. The van der Waals surface area contributed by atoms with Crippen molar-refractivity contribution in [3.8, 4) is 5.75 Å². The number of carbonyl (C=O) groups excluding carboxylic acids is 1.